The van der Waals surface area contributed by atoms with Gasteiger partial charge in [0.2, 0.25) is 0 Å². The standard InChI is InChI=1S/C15H23N3O/c1-3-17(4-2)15-7-5-14(6-8-15)13-16-18-9-11-19-12-10-18/h5-8,13H,3-4,9-12H2,1-2H3. The highest BCUT2D eigenvalue weighted by atomic mass is 16.5. The Hall–Kier alpha value is -1.55. The fourth-order valence-corrected chi connectivity index (χ4v) is 2.18. The van der Waals surface area contributed by atoms with Gasteiger partial charge in [0.1, 0.15) is 0 Å². The lowest BCUT2D eigenvalue weighted by molar-refractivity contribution is 0.0397. The zero-order valence-electron chi connectivity index (χ0n) is 11.9. The molecule has 0 saturated carbocycles. The summed E-state index contributed by atoms with van der Waals surface area (Å²) in [4.78, 5) is 2.34. The van der Waals surface area contributed by atoms with Crippen molar-refractivity contribution >= 4 is 11.9 Å². The Bertz CT molecular complexity index is 392. The van der Waals surface area contributed by atoms with Crippen LogP contribution in [0.25, 0.3) is 0 Å². The van der Waals surface area contributed by atoms with Crippen LogP contribution in [0, 0.1) is 0 Å². The van der Waals surface area contributed by atoms with Gasteiger partial charge in [-0.05, 0) is 31.5 Å². The molecule has 0 aromatic heterocycles. The molecule has 4 nitrogen and oxygen atoms in total. The van der Waals surface area contributed by atoms with Crippen LogP contribution in [0.2, 0.25) is 0 Å². The summed E-state index contributed by atoms with van der Waals surface area (Å²) in [5.41, 5.74) is 2.41. The first kappa shape index (κ1) is 13.9. The molecule has 0 amide bonds. The molecule has 1 saturated heterocycles. The van der Waals surface area contributed by atoms with E-state index in [0.29, 0.717) is 0 Å². The molecular formula is C15H23N3O. The predicted molar refractivity (Wildman–Crippen MR) is 80.0 cm³/mol. The smallest absolute Gasteiger partial charge is 0.0659 e. The van der Waals surface area contributed by atoms with Crippen molar-refractivity contribution in [1.29, 1.82) is 0 Å². The summed E-state index contributed by atoms with van der Waals surface area (Å²) in [5.74, 6) is 0. The lowest BCUT2D eigenvalue weighted by Gasteiger charge is -2.23. The molecule has 0 unspecified atom stereocenters. The second-order valence-electron chi connectivity index (χ2n) is 4.57. The lowest BCUT2D eigenvalue weighted by Crippen LogP contribution is -2.32. The summed E-state index contributed by atoms with van der Waals surface area (Å²) in [5, 5.41) is 6.54. The maximum Gasteiger partial charge on any atom is 0.0659 e. The van der Waals surface area contributed by atoms with Crippen LogP contribution >= 0.6 is 0 Å². The largest absolute Gasteiger partial charge is 0.378 e. The van der Waals surface area contributed by atoms with Gasteiger partial charge in [-0.1, -0.05) is 12.1 Å². The van der Waals surface area contributed by atoms with Crippen LogP contribution in [-0.4, -0.2) is 50.6 Å². The molecule has 2 rings (SSSR count). The van der Waals surface area contributed by atoms with Crippen molar-refractivity contribution in [2.24, 2.45) is 5.10 Å². The average molecular weight is 261 g/mol. The zero-order chi connectivity index (χ0) is 13.5. The number of morpholine rings is 1. The summed E-state index contributed by atoms with van der Waals surface area (Å²) in [6.07, 6.45) is 1.93. The molecule has 1 fully saturated rings. The van der Waals surface area contributed by atoms with E-state index in [-0.39, 0.29) is 0 Å². The Labute approximate surface area is 115 Å². The van der Waals surface area contributed by atoms with Crippen LogP contribution in [0.15, 0.2) is 29.4 Å². The Morgan fingerprint density at radius 2 is 1.79 bits per heavy atom. The topological polar surface area (TPSA) is 28.1 Å². The van der Waals surface area contributed by atoms with Crippen LogP contribution in [-0.2, 0) is 4.74 Å². The van der Waals surface area contributed by atoms with Crippen molar-refractivity contribution in [3.63, 3.8) is 0 Å². The normalized spacial score (nSPS) is 16.0. The molecular weight excluding hydrogens is 238 g/mol. The summed E-state index contributed by atoms with van der Waals surface area (Å²) >= 11 is 0. The highest BCUT2D eigenvalue weighted by Gasteiger charge is 2.06. The first-order chi connectivity index (χ1) is 9.33. The van der Waals surface area contributed by atoms with Gasteiger partial charge in [-0.3, -0.25) is 5.01 Å². The average Bonchev–Trinajstić information content (AvgIpc) is 2.49. The quantitative estimate of drug-likeness (QED) is 0.761. The second kappa shape index (κ2) is 7.14. The highest BCUT2D eigenvalue weighted by molar-refractivity contribution is 5.80. The first-order valence-electron chi connectivity index (χ1n) is 7.05. The van der Waals surface area contributed by atoms with Gasteiger partial charge in [-0.2, -0.15) is 5.10 Å². The Kier molecular flexibility index (Phi) is 5.21. The molecule has 104 valence electrons. The molecule has 0 aliphatic carbocycles. The fraction of sp³-hybridized carbons (Fsp3) is 0.533. The molecule has 0 radical (unpaired) electrons. The van der Waals surface area contributed by atoms with Crippen molar-refractivity contribution in [1.82, 2.24) is 5.01 Å². The van der Waals surface area contributed by atoms with E-state index in [1.165, 1.54) is 5.69 Å². The number of hydrazone groups is 1. The van der Waals surface area contributed by atoms with Crippen LogP contribution in [0.5, 0.6) is 0 Å². The lowest BCUT2D eigenvalue weighted by atomic mass is 10.2. The number of anilines is 1. The molecule has 1 aromatic rings. The van der Waals surface area contributed by atoms with Gasteiger partial charge in [0.25, 0.3) is 0 Å². The Morgan fingerprint density at radius 3 is 2.37 bits per heavy atom. The van der Waals surface area contributed by atoms with E-state index in [2.05, 4.69) is 53.1 Å². The van der Waals surface area contributed by atoms with E-state index >= 15 is 0 Å². The van der Waals surface area contributed by atoms with E-state index in [9.17, 15) is 0 Å². The van der Waals surface area contributed by atoms with Crippen molar-refractivity contribution in [2.75, 3.05) is 44.3 Å². The number of hydrogen-bond acceptors (Lipinski definition) is 4. The van der Waals surface area contributed by atoms with Gasteiger partial charge < -0.3 is 9.64 Å². The SMILES string of the molecule is CCN(CC)c1ccc(C=NN2CCOCC2)cc1. The van der Waals surface area contributed by atoms with Crippen molar-refractivity contribution in [2.45, 2.75) is 13.8 Å². The molecule has 0 bridgehead atoms. The molecule has 1 aromatic carbocycles. The summed E-state index contributed by atoms with van der Waals surface area (Å²) in [6, 6.07) is 8.57. The summed E-state index contributed by atoms with van der Waals surface area (Å²) < 4.78 is 5.30. The molecule has 1 heterocycles. The molecule has 1 aliphatic rings. The monoisotopic (exact) mass is 261 g/mol. The maximum absolute atomic E-state index is 5.30. The Balaban J connectivity index is 1.96. The van der Waals surface area contributed by atoms with Gasteiger partial charge in [-0.15, -0.1) is 0 Å². The maximum atomic E-state index is 5.30. The van der Waals surface area contributed by atoms with Gasteiger partial charge in [0.15, 0.2) is 0 Å². The van der Waals surface area contributed by atoms with E-state index < -0.39 is 0 Å². The predicted octanol–water partition coefficient (Wildman–Crippen LogP) is 2.20. The van der Waals surface area contributed by atoms with Gasteiger partial charge >= 0.3 is 0 Å². The minimum absolute atomic E-state index is 0.776. The number of benzene rings is 1. The molecule has 4 heteroatoms. The van der Waals surface area contributed by atoms with E-state index in [1.54, 1.807) is 0 Å². The fourth-order valence-electron chi connectivity index (χ4n) is 2.18. The number of rotatable bonds is 5. The van der Waals surface area contributed by atoms with E-state index in [4.69, 9.17) is 4.74 Å². The van der Waals surface area contributed by atoms with Crippen molar-refractivity contribution in [3.8, 4) is 0 Å². The minimum Gasteiger partial charge on any atom is -0.378 e. The van der Waals surface area contributed by atoms with Crippen LogP contribution < -0.4 is 4.90 Å². The molecule has 0 spiro atoms. The van der Waals surface area contributed by atoms with Gasteiger partial charge in [0.05, 0.1) is 32.5 Å². The summed E-state index contributed by atoms with van der Waals surface area (Å²) in [7, 11) is 0. The van der Waals surface area contributed by atoms with Crippen LogP contribution in [0.1, 0.15) is 19.4 Å². The first-order valence-corrected chi connectivity index (χ1v) is 7.05. The van der Waals surface area contributed by atoms with Gasteiger partial charge in [0, 0.05) is 18.8 Å². The molecule has 19 heavy (non-hydrogen) atoms. The number of hydrogen-bond donors (Lipinski definition) is 0. The summed E-state index contributed by atoms with van der Waals surface area (Å²) in [6.45, 7) is 9.75. The number of nitrogens with zero attached hydrogens (tertiary/aromatic N) is 3. The third kappa shape index (κ3) is 3.96. The molecule has 0 atom stereocenters. The molecule has 0 N–H and O–H groups in total. The van der Waals surface area contributed by atoms with Crippen molar-refractivity contribution in [3.05, 3.63) is 29.8 Å². The molecule has 1 aliphatic heterocycles. The zero-order valence-corrected chi connectivity index (χ0v) is 11.9. The van der Waals surface area contributed by atoms with Gasteiger partial charge in [-0.25, -0.2) is 0 Å². The van der Waals surface area contributed by atoms with E-state index in [0.717, 1.165) is 45.0 Å². The third-order valence-corrected chi connectivity index (χ3v) is 3.38. The van der Waals surface area contributed by atoms with Crippen LogP contribution in [0.3, 0.4) is 0 Å². The minimum atomic E-state index is 0.776. The Morgan fingerprint density at radius 1 is 1.16 bits per heavy atom. The van der Waals surface area contributed by atoms with Crippen molar-refractivity contribution < 1.29 is 4.74 Å². The second-order valence-corrected chi connectivity index (χ2v) is 4.57. The number of ether oxygens (including phenoxy) is 1. The highest BCUT2D eigenvalue weighted by Crippen LogP contribution is 2.14. The van der Waals surface area contributed by atoms with E-state index in [1.807, 2.05) is 6.21 Å². The third-order valence-electron chi connectivity index (χ3n) is 3.38. The van der Waals surface area contributed by atoms with Crippen LogP contribution in [0.4, 0.5) is 5.69 Å².